The second-order valence-electron chi connectivity index (χ2n) is 4.34. The van der Waals surface area contributed by atoms with Crippen molar-refractivity contribution in [2.24, 2.45) is 0 Å². The monoisotopic (exact) mass is 268 g/mol. The zero-order valence-corrected chi connectivity index (χ0v) is 12.4. The number of aliphatic hydroxyl groups is 2. The van der Waals surface area contributed by atoms with E-state index in [0.717, 1.165) is 0 Å². The van der Waals surface area contributed by atoms with E-state index in [-0.39, 0.29) is 46.5 Å². The van der Waals surface area contributed by atoms with Crippen LogP contribution in [0.5, 0.6) is 0 Å². The largest absolute Gasteiger partial charge is 0.391 e. The molecule has 0 aliphatic rings. The molecule has 0 aromatic rings. The summed E-state index contributed by atoms with van der Waals surface area (Å²) in [6.07, 6.45) is 0. The topological polar surface area (TPSA) is 40.5 Å². The molecule has 2 N–H and O–H groups in total. The van der Waals surface area contributed by atoms with Gasteiger partial charge in [0.15, 0.2) is 0 Å². The van der Waals surface area contributed by atoms with Crippen LogP contribution in [0.25, 0.3) is 0 Å². The first kappa shape index (κ1) is 29.2. The van der Waals surface area contributed by atoms with E-state index in [1.54, 1.807) is 41.5 Å². The minimum absolute atomic E-state index is 0. The van der Waals surface area contributed by atoms with Gasteiger partial charge in [-0.2, -0.15) is 0 Å². The van der Waals surface area contributed by atoms with Crippen molar-refractivity contribution in [3.8, 4) is 0 Å². The van der Waals surface area contributed by atoms with Gasteiger partial charge in [0.25, 0.3) is 0 Å². The Balaban J connectivity index is -0.0000000267. The second kappa shape index (κ2) is 11.3. The van der Waals surface area contributed by atoms with Crippen LogP contribution >= 0.6 is 24.8 Å². The summed E-state index contributed by atoms with van der Waals surface area (Å²) < 4.78 is 0. The fraction of sp³-hybridized carbons (Fsp3) is 1.00. The molecule has 0 aliphatic carbocycles. The normalized spacial score (nSPS) is 9.23. The Morgan fingerprint density at radius 3 is 0.615 bits per heavy atom. The zero-order chi connectivity index (χ0) is 9.00. The molecule has 0 aromatic carbocycles. The van der Waals surface area contributed by atoms with Gasteiger partial charge in [-0.3, -0.25) is 0 Å². The van der Waals surface area contributed by atoms with Crippen molar-refractivity contribution in [3.05, 3.63) is 0 Å². The molecule has 0 radical (unpaired) electrons. The van der Waals surface area contributed by atoms with Gasteiger partial charge in [-0.25, -0.2) is 0 Å². The van der Waals surface area contributed by atoms with E-state index < -0.39 is 11.2 Å². The van der Waals surface area contributed by atoms with Crippen molar-refractivity contribution in [2.75, 3.05) is 0 Å². The third-order valence-electron chi connectivity index (χ3n) is 0. The molecule has 0 unspecified atom stereocenters. The molecule has 0 aromatic heterocycles. The van der Waals surface area contributed by atoms with E-state index in [2.05, 4.69) is 0 Å². The fourth-order valence-corrected chi connectivity index (χ4v) is 0. The second-order valence-corrected chi connectivity index (χ2v) is 4.34. The summed E-state index contributed by atoms with van der Waals surface area (Å²) in [6, 6.07) is 0. The Morgan fingerprint density at radius 2 is 0.615 bits per heavy atom. The van der Waals surface area contributed by atoms with Gasteiger partial charge in [0.2, 0.25) is 0 Å². The Kier molecular flexibility index (Phi) is 25.4. The summed E-state index contributed by atoms with van der Waals surface area (Å²) in [6.45, 7) is 10.5. The van der Waals surface area contributed by atoms with Crippen molar-refractivity contribution >= 4 is 24.8 Å². The summed E-state index contributed by atoms with van der Waals surface area (Å²) in [5.74, 6) is 0. The van der Waals surface area contributed by atoms with Gasteiger partial charge in [-0.1, -0.05) is 0 Å². The summed E-state index contributed by atoms with van der Waals surface area (Å²) in [7, 11) is 0. The standard InChI is InChI=1S/2C4H10O.2ClH.Ti/c2*1-4(2,3)5;;;/h2*5H,1-3H3;2*1H;. The number of halogens is 2. The summed E-state index contributed by atoms with van der Waals surface area (Å²) in [5, 5.41) is 17.0. The van der Waals surface area contributed by atoms with Crippen molar-refractivity contribution in [2.45, 2.75) is 52.7 Å². The maximum Gasteiger partial charge on any atom is 0.0563 e. The molecule has 0 amide bonds. The van der Waals surface area contributed by atoms with Crippen molar-refractivity contribution in [1.29, 1.82) is 0 Å². The van der Waals surface area contributed by atoms with Gasteiger partial charge >= 0.3 is 0 Å². The Labute approximate surface area is 109 Å². The molecule has 5 heteroatoms. The quantitative estimate of drug-likeness (QED) is 0.663. The molecule has 0 atom stereocenters. The third kappa shape index (κ3) is 1130. The molecule has 0 saturated carbocycles. The SMILES string of the molecule is CC(C)(C)O.CC(C)(C)O.Cl.Cl.[Ti]. The first-order valence-electron chi connectivity index (χ1n) is 3.45. The fourth-order valence-electron chi connectivity index (χ4n) is 0. The molecule has 0 rings (SSSR count). The van der Waals surface area contributed by atoms with Crippen LogP contribution in [-0.4, -0.2) is 21.4 Å². The minimum Gasteiger partial charge on any atom is -0.391 e. The molecule has 0 spiro atoms. The number of hydrogen-bond donors (Lipinski definition) is 2. The zero-order valence-electron chi connectivity index (χ0n) is 9.21. The van der Waals surface area contributed by atoms with Crippen molar-refractivity contribution in [1.82, 2.24) is 0 Å². The maximum atomic E-state index is 8.52. The Hall–Kier alpha value is 1.21. The maximum absolute atomic E-state index is 8.52. The molecule has 0 bridgehead atoms. The van der Waals surface area contributed by atoms with Crippen LogP contribution in [0.1, 0.15) is 41.5 Å². The van der Waals surface area contributed by atoms with Crippen molar-refractivity contribution in [3.63, 3.8) is 0 Å². The van der Waals surface area contributed by atoms with E-state index in [0.29, 0.717) is 0 Å². The molecule has 0 saturated heterocycles. The molecule has 0 heterocycles. The van der Waals surface area contributed by atoms with E-state index >= 15 is 0 Å². The van der Waals surface area contributed by atoms with Crippen LogP contribution in [0.2, 0.25) is 0 Å². The molecule has 2 nitrogen and oxygen atoms in total. The average molecular weight is 269 g/mol. The molecule has 0 aliphatic heterocycles. The summed E-state index contributed by atoms with van der Waals surface area (Å²) in [4.78, 5) is 0. The molecule has 13 heavy (non-hydrogen) atoms. The van der Waals surface area contributed by atoms with E-state index in [1.165, 1.54) is 0 Å². The molecular formula is C8H22Cl2O2Ti. The number of rotatable bonds is 0. The number of hydrogen-bond acceptors (Lipinski definition) is 2. The van der Waals surface area contributed by atoms with Crippen LogP contribution in [0.4, 0.5) is 0 Å². The molecule has 84 valence electrons. The van der Waals surface area contributed by atoms with E-state index in [4.69, 9.17) is 10.2 Å². The Morgan fingerprint density at radius 1 is 0.615 bits per heavy atom. The summed E-state index contributed by atoms with van der Waals surface area (Å²) in [5.41, 5.74) is -1.00. The van der Waals surface area contributed by atoms with Gasteiger partial charge < -0.3 is 10.2 Å². The van der Waals surface area contributed by atoms with Gasteiger partial charge in [0, 0.05) is 21.7 Å². The first-order chi connectivity index (χ1) is 4.00. The Bertz CT molecular complexity index is 63.1. The van der Waals surface area contributed by atoms with Gasteiger partial charge in [-0.15, -0.1) is 24.8 Å². The van der Waals surface area contributed by atoms with E-state index in [9.17, 15) is 0 Å². The van der Waals surface area contributed by atoms with Crippen LogP contribution in [0.15, 0.2) is 0 Å². The average Bonchev–Trinajstić information content (AvgIpc) is 1.12. The van der Waals surface area contributed by atoms with Gasteiger partial charge in [0.05, 0.1) is 11.2 Å². The summed E-state index contributed by atoms with van der Waals surface area (Å²) >= 11 is 0. The van der Waals surface area contributed by atoms with Gasteiger partial charge in [0.1, 0.15) is 0 Å². The first-order valence-corrected chi connectivity index (χ1v) is 3.45. The predicted molar refractivity (Wildman–Crippen MR) is 58.4 cm³/mol. The predicted octanol–water partition coefficient (Wildman–Crippen LogP) is 2.40. The van der Waals surface area contributed by atoms with E-state index in [1.807, 2.05) is 0 Å². The van der Waals surface area contributed by atoms with Gasteiger partial charge in [-0.05, 0) is 41.5 Å². The molecular weight excluding hydrogens is 247 g/mol. The van der Waals surface area contributed by atoms with Crippen LogP contribution in [-0.2, 0) is 21.7 Å². The third-order valence-corrected chi connectivity index (χ3v) is 0. The smallest absolute Gasteiger partial charge is 0.0563 e. The molecule has 0 fully saturated rings. The van der Waals surface area contributed by atoms with Crippen molar-refractivity contribution < 1.29 is 31.9 Å². The van der Waals surface area contributed by atoms with Crippen LogP contribution in [0.3, 0.4) is 0 Å². The minimum atomic E-state index is -0.500. The van der Waals surface area contributed by atoms with Crippen LogP contribution < -0.4 is 0 Å². The van der Waals surface area contributed by atoms with Crippen LogP contribution in [0, 0.1) is 0 Å².